The van der Waals surface area contributed by atoms with E-state index < -0.39 is 6.10 Å². The lowest BCUT2D eigenvalue weighted by atomic mass is 9.46. The summed E-state index contributed by atoms with van der Waals surface area (Å²) in [6.07, 6.45) is 7.31. The van der Waals surface area contributed by atoms with Crippen LogP contribution in [0, 0.1) is 22.7 Å². The fourth-order valence-corrected chi connectivity index (χ4v) is 5.32. The zero-order valence-corrected chi connectivity index (χ0v) is 14.7. The van der Waals surface area contributed by atoms with Crippen LogP contribution in [-0.4, -0.2) is 23.1 Å². The molecule has 0 unspecified atom stereocenters. The highest BCUT2D eigenvalue weighted by molar-refractivity contribution is 5.21. The van der Waals surface area contributed by atoms with Crippen LogP contribution in [0.3, 0.4) is 0 Å². The number of aliphatic hydroxyl groups excluding tert-OH is 1. The van der Waals surface area contributed by atoms with Crippen LogP contribution in [0.15, 0.2) is 37.0 Å². The lowest BCUT2D eigenvalue weighted by molar-refractivity contribution is -0.273. The first-order chi connectivity index (χ1) is 10.8. The lowest BCUT2D eigenvalue weighted by Crippen LogP contribution is -2.52. The van der Waals surface area contributed by atoms with E-state index in [1.165, 1.54) is 5.57 Å². The molecule has 2 saturated carbocycles. The maximum Gasteiger partial charge on any atom is 0.118 e. The van der Waals surface area contributed by atoms with Gasteiger partial charge in [-0.3, -0.25) is 5.26 Å². The Kier molecular flexibility index (Phi) is 5.55. The Hall–Kier alpha value is -0.900. The van der Waals surface area contributed by atoms with E-state index in [1.54, 1.807) is 6.08 Å². The van der Waals surface area contributed by atoms with Crippen LogP contribution in [0.5, 0.6) is 0 Å². The maximum atomic E-state index is 10.00. The van der Waals surface area contributed by atoms with Gasteiger partial charge in [-0.2, -0.15) is 0 Å². The molecule has 3 heteroatoms. The molecule has 0 saturated heterocycles. The van der Waals surface area contributed by atoms with E-state index in [1.807, 2.05) is 0 Å². The summed E-state index contributed by atoms with van der Waals surface area (Å²) in [6.45, 7) is 16.8. The third-order valence-corrected chi connectivity index (χ3v) is 6.76. The van der Waals surface area contributed by atoms with Crippen LogP contribution in [0.25, 0.3) is 0 Å². The number of rotatable bonds is 6. The van der Waals surface area contributed by atoms with Gasteiger partial charge >= 0.3 is 0 Å². The van der Waals surface area contributed by atoms with Crippen LogP contribution in [-0.2, 0) is 4.89 Å². The fraction of sp³-hybridized carbons (Fsp3) is 0.700. The highest BCUT2D eigenvalue weighted by Gasteiger charge is 2.54. The molecule has 23 heavy (non-hydrogen) atoms. The van der Waals surface area contributed by atoms with Crippen molar-refractivity contribution in [3.05, 3.63) is 37.0 Å². The summed E-state index contributed by atoms with van der Waals surface area (Å²) in [5.74, 6) is 0.738. The third-order valence-electron chi connectivity index (χ3n) is 6.76. The molecule has 0 bridgehead atoms. The van der Waals surface area contributed by atoms with Gasteiger partial charge in [-0.1, -0.05) is 51.7 Å². The predicted octanol–water partition coefficient (Wildman–Crippen LogP) is 4.75. The molecule has 0 aromatic rings. The highest BCUT2D eigenvalue weighted by atomic mass is 17.1. The van der Waals surface area contributed by atoms with Gasteiger partial charge in [0, 0.05) is 6.61 Å². The number of hydrogen-bond donors (Lipinski definition) is 2. The molecule has 2 N–H and O–H groups in total. The van der Waals surface area contributed by atoms with Gasteiger partial charge in [0.25, 0.3) is 0 Å². The normalized spacial score (nSPS) is 38.7. The fourth-order valence-electron chi connectivity index (χ4n) is 5.32. The van der Waals surface area contributed by atoms with Crippen molar-refractivity contribution in [1.82, 2.24) is 0 Å². The quantitative estimate of drug-likeness (QED) is 0.321. The number of aliphatic hydroxyl groups is 1. The van der Waals surface area contributed by atoms with Gasteiger partial charge in [-0.25, -0.2) is 4.89 Å². The smallest absolute Gasteiger partial charge is 0.118 e. The maximum absolute atomic E-state index is 10.00. The standard InChI is InChI=1S/C20H32O3/c1-6-14(2)17(23-22)12-16-15(3)8-9-18-19(4,13-21)10-7-11-20(16,18)5/h6,16-18,21-22H,1-3,7-13H2,4-5H3/t16-,17-,18-,19-,20+/m0/s1. The summed E-state index contributed by atoms with van der Waals surface area (Å²) < 4.78 is 0. The minimum Gasteiger partial charge on any atom is -0.396 e. The molecule has 2 aliphatic rings. The molecule has 0 aliphatic heterocycles. The van der Waals surface area contributed by atoms with Crippen molar-refractivity contribution < 1.29 is 15.3 Å². The van der Waals surface area contributed by atoms with E-state index in [-0.39, 0.29) is 23.4 Å². The molecule has 0 radical (unpaired) electrons. The van der Waals surface area contributed by atoms with E-state index in [9.17, 15) is 10.4 Å². The minimum atomic E-state index is -0.438. The summed E-state index contributed by atoms with van der Waals surface area (Å²) in [5.41, 5.74) is 2.01. The zero-order valence-electron chi connectivity index (χ0n) is 14.7. The molecule has 2 aliphatic carbocycles. The number of allylic oxidation sites excluding steroid dienone is 1. The van der Waals surface area contributed by atoms with Crippen molar-refractivity contribution in [3.63, 3.8) is 0 Å². The molecule has 3 nitrogen and oxygen atoms in total. The van der Waals surface area contributed by atoms with Gasteiger partial charge in [-0.05, 0) is 60.3 Å². The molecule has 5 atom stereocenters. The third kappa shape index (κ3) is 3.19. The van der Waals surface area contributed by atoms with Crippen molar-refractivity contribution >= 4 is 0 Å². The van der Waals surface area contributed by atoms with Crippen LogP contribution in [0.4, 0.5) is 0 Å². The summed E-state index contributed by atoms with van der Waals surface area (Å²) in [6, 6.07) is 0. The monoisotopic (exact) mass is 320 g/mol. The largest absolute Gasteiger partial charge is 0.396 e. The topological polar surface area (TPSA) is 49.7 Å². The SMILES string of the molecule is C=CC(=C)[C@H](C[C@H]1C(=C)CC[C@H]2[C@](C)(CO)CCC[C@]12C)OO. The van der Waals surface area contributed by atoms with Crippen LogP contribution in [0.2, 0.25) is 0 Å². The van der Waals surface area contributed by atoms with E-state index in [0.717, 1.165) is 32.1 Å². The molecule has 0 aromatic heterocycles. The highest BCUT2D eigenvalue weighted by Crippen LogP contribution is 2.61. The van der Waals surface area contributed by atoms with E-state index in [2.05, 4.69) is 33.6 Å². The number of fused-ring (bicyclic) bond motifs is 1. The lowest BCUT2D eigenvalue weighted by Gasteiger charge is -2.58. The van der Waals surface area contributed by atoms with Crippen molar-refractivity contribution in [2.45, 2.75) is 58.5 Å². The molecular formula is C20H32O3. The summed E-state index contributed by atoms with van der Waals surface area (Å²) in [5, 5.41) is 19.3. The molecule has 2 fully saturated rings. The van der Waals surface area contributed by atoms with Gasteiger partial charge in [0.15, 0.2) is 0 Å². The van der Waals surface area contributed by atoms with Gasteiger partial charge in [0.1, 0.15) is 6.10 Å². The molecule has 0 amide bonds. The Balaban J connectivity index is 2.31. The van der Waals surface area contributed by atoms with Crippen LogP contribution < -0.4 is 0 Å². The second kappa shape index (κ2) is 6.92. The molecular weight excluding hydrogens is 288 g/mol. The first kappa shape index (κ1) is 18.4. The van der Waals surface area contributed by atoms with E-state index >= 15 is 0 Å². The molecule has 2 rings (SSSR count). The first-order valence-electron chi connectivity index (χ1n) is 8.72. The van der Waals surface area contributed by atoms with E-state index in [4.69, 9.17) is 4.89 Å². The van der Waals surface area contributed by atoms with Gasteiger partial charge in [0.05, 0.1) is 0 Å². The van der Waals surface area contributed by atoms with Crippen molar-refractivity contribution in [2.75, 3.05) is 6.61 Å². The minimum absolute atomic E-state index is 0.0169. The average Bonchev–Trinajstić information content (AvgIpc) is 2.53. The Morgan fingerprint density at radius 2 is 2.13 bits per heavy atom. The van der Waals surface area contributed by atoms with Crippen molar-refractivity contribution in [2.24, 2.45) is 22.7 Å². The molecule has 0 heterocycles. The van der Waals surface area contributed by atoms with Gasteiger partial charge in [-0.15, -0.1) is 0 Å². The molecule has 0 aromatic carbocycles. The first-order valence-corrected chi connectivity index (χ1v) is 8.72. The van der Waals surface area contributed by atoms with Gasteiger partial charge < -0.3 is 5.11 Å². The number of hydrogen-bond acceptors (Lipinski definition) is 3. The zero-order chi connectivity index (χ0) is 17.3. The second-order valence-electron chi connectivity index (χ2n) is 8.08. The van der Waals surface area contributed by atoms with Crippen molar-refractivity contribution in [3.8, 4) is 0 Å². The summed E-state index contributed by atoms with van der Waals surface area (Å²) in [4.78, 5) is 4.70. The van der Waals surface area contributed by atoms with Crippen LogP contribution in [0.1, 0.15) is 52.4 Å². The molecule has 130 valence electrons. The molecule has 0 spiro atoms. The summed E-state index contributed by atoms with van der Waals surface area (Å²) >= 11 is 0. The Labute approximate surface area is 140 Å². The van der Waals surface area contributed by atoms with E-state index in [0.29, 0.717) is 17.9 Å². The van der Waals surface area contributed by atoms with Gasteiger partial charge in [0.2, 0.25) is 0 Å². The Bertz CT molecular complexity index is 483. The summed E-state index contributed by atoms with van der Waals surface area (Å²) in [7, 11) is 0. The Morgan fingerprint density at radius 1 is 1.43 bits per heavy atom. The second-order valence-corrected chi connectivity index (χ2v) is 8.08. The van der Waals surface area contributed by atoms with Crippen molar-refractivity contribution in [1.29, 1.82) is 0 Å². The van der Waals surface area contributed by atoms with Crippen LogP contribution >= 0.6 is 0 Å². The average molecular weight is 320 g/mol. The predicted molar refractivity (Wildman–Crippen MR) is 94.0 cm³/mol. The Morgan fingerprint density at radius 3 is 2.70 bits per heavy atom.